The molecule has 0 amide bonds. The van der Waals surface area contributed by atoms with E-state index in [0.29, 0.717) is 12.5 Å². The van der Waals surface area contributed by atoms with Crippen LogP contribution in [0.5, 0.6) is 0 Å². The largest absolute Gasteiger partial charge is 0.344 e. The van der Waals surface area contributed by atoms with Crippen LogP contribution in [0.3, 0.4) is 0 Å². The molecule has 1 heterocycles. The van der Waals surface area contributed by atoms with Gasteiger partial charge in [-0.05, 0) is 24.5 Å². The predicted octanol–water partition coefficient (Wildman–Crippen LogP) is 3.24. The maximum absolute atomic E-state index is 5.91. The van der Waals surface area contributed by atoms with E-state index in [-0.39, 0.29) is 0 Å². The van der Waals surface area contributed by atoms with E-state index in [1.165, 1.54) is 22.2 Å². The zero-order chi connectivity index (χ0) is 11.7. The second-order valence-electron chi connectivity index (χ2n) is 4.48. The molecule has 1 aromatic carbocycles. The van der Waals surface area contributed by atoms with E-state index in [1.807, 2.05) is 0 Å². The van der Waals surface area contributed by atoms with Crippen molar-refractivity contribution < 1.29 is 0 Å². The summed E-state index contributed by atoms with van der Waals surface area (Å²) in [5.41, 5.74) is 9.93. The van der Waals surface area contributed by atoms with E-state index < -0.39 is 0 Å². The highest BCUT2D eigenvalue weighted by Gasteiger charge is 2.16. The van der Waals surface area contributed by atoms with Gasteiger partial charge in [0.05, 0.1) is 0 Å². The normalized spacial score (nSPS) is 11.6. The summed E-state index contributed by atoms with van der Waals surface area (Å²) in [7, 11) is 0. The van der Waals surface area contributed by atoms with Crippen LogP contribution in [0.2, 0.25) is 0 Å². The molecule has 86 valence electrons. The fraction of sp³-hybridized carbons (Fsp3) is 0.429. The third-order valence-electron chi connectivity index (χ3n) is 3.19. The zero-order valence-electron chi connectivity index (χ0n) is 10.3. The average molecular weight is 216 g/mol. The molecule has 0 unspecified atom stereocenters. The van der Waals surface area contributed by atoms with Crippen molar-refractivity contribution in [2.75, 3.05) is 0 Å². The molecule has 2 N–H and O–H groups in total. The van der Waals surface area contributed by atoms with E-state index in [0.717, 1.165) is 6.54 Å². The van der Waals surface area contributed by atoms with Crippen LogP contribution in [0.1, 0.15) is 37.9 Å². The summed E-state index contributed by atoms with van der Waals surface area (Å²) in [5, 5.41) is 1.32. The Bertz CT molecular complexity index is 454. The maximum atomic E-state index is 5.91. The Labute approximate surface area is 97.1 Å². The monoisotopic (exact) mass is 216 g/mol. The minimum absolute atomic E-state index is 0.519. The van der Waals surface area contributed by atoms with Crippen molar-refractivity contribution in [3.63, 3.8) is 0 Å². The number of benzene rings is 1. The van der Waals surface area contributed by atoms with Crippen LogP contribution in [0.4, 0.5) is 0 Å². The van der Waals surface area contributed by atoms with E-state index in [2.05, 4.69) is 49.6 Å². The lowest BCUT2D eigenvalue weighted by molar-refractivity contribution is 0.680. The number of aromatic nitrogens is 1. The molecule has 0 atom stereocenters. The third-order valence-corrected chi connectivity index (χ3v) is 3.19. The highest BCUT2D eigenvalue weighted by Crippen LogP contribution is 2.30. The van der Waals surface area contributed by atoms with Crippen molar-refractivity contribution in [3.8, 4) is 0 Å². The van der Waals surface area contributed by atoms with Crippen LogP contribution in [0, 0.1) is 0 Å². The number of nitrogens with two attached hydrogens (primary N) is 1. The number of hydrogen-bond donors (Lipinski definition) is 1. The molecule has 2 heteroatoms. The molecule has 0 bridgehead atoms. The van der Waals surface area contributed by atoms with Gasteiger partial charge in [0, 0.05) is 29.7 Å². The fourth-order valence-electron chi connectivity index (χ4n) is 2.61. The molecule has 2 nitrogen and oxygen atoms in total. The number of nitrogens with zero attached hydrogens (tertiary/aromatic N) is 1. The van der Waals surface area contributed by atoms with E-state index >= 15 is 0 Å². The van der Waals surface area contributed by atoms with Gasteiger partial charge in [0.25, 0.3) is 0 Å². The number of rotatable bonds is 3. The molecule has 0 fully saturated rings. The van der Waals surface area contributed by atoms with Gasteiger partial charge in [0.1, 0.15) is 0 Å². The number of para-hydroxylation sites is 1. The van der Waals surface area contributed by atoms with Crippen LogP contribution in [-0.2, 0) is 13.1 Å². The first-order valence-electron chi connectivity index (χ1n) is 6.00. The molecular weight excluding hydrogens is 196 g/mol. The fourth-order valence-corrected chi connectivity index (χ4v) is 2.61. The molecule has 0 saturated heterocycles. The Kier molecular flexibility index (Phi) is 3.01. The SMILES string of the molecule is CCn1c(C(C)C)c(CN)c2ccccc21. The average Bonchev–Trinajstić information content (AvgIpc) is 2.62. The Hall–Kier alpha value is -1.28. The van der Waals surface area contributed by atoms with Crippen molar-refractivity contribution in [1.82, 2.24) is 4.57 Å². The summed E-state index contributed by atoms with van der Waals surface area (Å²) in [5.74, 6) is 0.519. The van der Waals surface area contributed by atoms with Gasteiger partial charge >= 0.3 is 0 Å². The summed E-state index contributed by atoms with van der Waals surface area (Å²) in [4.78, 5) is 0. The lowest BCUT2D eigenvalue weighted by Crippen LogP contribution is -2.07. The molecule has 2 rings (SSSR count). The third kappa shape index (κ3) is 1.54. The van der Waals surface area contributed by atoms with Crippen molar-refractivity contribution in [2.45, 2.75) is 39.8 Å². The van der Waals surface area contributed by atoms with Gasteiger partial charge in [-0.1, -0.05) is 32.0 Å². The summed E-state index contributed by atoms with van der Waals surface area (Å²) in [6, 6.07) is 8.55. The molecule has 0 aliphatic rings. The Balaban J connectivity index is 2.84. The standard InChI is InChI=1S/C14H20N2/c1-4-16-13-8-6-5-7-11(13)12(9-15)14(16)10(2)3/h5-8,10H,4,9,15H2,1-3H3. The molecule has 0 spiro atoms. The smallest absolute Gasteiger partial charge is 0.0485 e. The zero-order valence-corrected chi connectivity index (χ0v) is 10.3. The summed E-state index contributed by atoms with van der Waals surface area (Å²) >= 11 is 0. The first-order valence-corrected chi connectivity index (χ1v) is 6.00. The highest BCUT2D eigenvalue weighted by molar-refractivity contribution is 5.85. The summed E-state index contributed by atoms with van der Waals surface area (Å²) in [6.07, 6.45) is 0. The lowest BCUT2D eigenvalue weighted by Gasteiger charge is -2.12. The molecule has 0 aliphatic heterocycles. The van der Waals surface area contributed by atoms with Gasteiger partial charge < -0.3 is 10.3 Å². The van der Waals surface area contributed by atoms with Crippen molar-refractivity contribution in [1.29, 1.82) is 0 Å². The second-order valence-corrected chi connectivity index (χ2v) is 4.48. The molecule has 0 saturated carbocycles. The van der Waals surface area contributed by atoms with Gasteiger partial charge in [0.15, 0.2) is 0 Å². The molecule has 16 heavy (non-hydrogen) atoms. The lowest BCUT2D eigenvalue weighted by atomic mass is 10.0. The van der Waals surface area contributed by atoms with Crippen LogP contribution in [0.15, 0.2) is 24.3 Å². The topological polar surface area (TPSA) is 30.9 Å². The van der Waals surface area contributed by atoms with Crippen LogP contribution in [0.25, 0.3) is 10.9 Å². The van der Waals surface area contributed by atoms with Crippen molar-refractivity contribution >= 4 is 10.9 Å². The number of fused-ring (bicyclic) bond motifs is 1. The van der Waals surface area contributed by atoms with Crippen LogP contribution < -0.4 is 5.73 Å². The van der Waals surface area contributed by atoms with E-state index in [9.17, 15) is 0 Å². The predicted molar refractivity (Wildman–Crippen MR) is 69.6 cm³/mol. The molecule has 0 radical (unpaired) electrons. The van der Waals surface area contributed by atoms with Crippen LogP contribution in [-0.4, -0.2) is 4.57 Å². The Morgan fingerprint density at radius 3 is 2.50 bits per heavy atom. The van der Waals surface area contributed by atoms with E-state index in [4.69, 9.17) is 5.73 Å². The van der Waals surface area contributed by atoms with Crippen molar-refractivity contribution in [2.24, 2.45) is 5.73 Å². The Morgan fingerprint density at radius 1 is 1.25 bits per heavy atom. The van der Waals surface area contributed by atoms with Crippen molar-refractivity contribution in [3.05, 3.63) is 35.5 Å². The minimum atomic E-state index is 0.519. The minimum Gasteiger partial charge on any atom is -0.344 e. The highest BCUT2D eigenvalue weighted by atomic mass is 15.0. The van der Waals surface area contributed by atoms with Crippen LogP contribution >= 0.6 is 0 Å². The number of hydrogen-bond acceptors (Lipinski definition) is 1. The number of aryl methyl sites for hydroxylation is 1. The maximum Gasteiger partial charge on any atom is 0.0485 e. The quantitative estimate of drug-likeness (QED) is 0.839. The van der Waals surface area contributed by atoms with Gasteiger partial charge in [-0.25, -0.2) is 0 Å². The van der Waals surface area contributed by atoms with E-state index in [1.54, 1.807) is 0 Å². The molecule has 1 aromatic heterocycles. The van der Waals surface area contributed by atoms with Gasteiger partial charge in [-0.2, -0.15) is 0 Å². The van der Waals surface area contributed by atoms with Gasteiger partial charge in [0.2, 0.25) is 0 Å². The summed E-state index contributed by atoms with van der Waals surface area (Å²) in [6.45, 7) is 8.30. The molecule has 2 aromatic rings. The molecular formula is C14H20N2. The van der Waals surface area contributed by atoms with Gasteiger partial charge in [-0.15, -0.1) is 0 Å². The Morgan fingerprint density at radius 2 is 1.94 bits per heavy atom. The van der Waals surface area contributed by atoms with Gasteiger partial charge in [-0.3, -0.25) is 0 Å². The molecule has 0 aliphatic carbocycles. The summed E-state index contributed by atoms with van der Waals surface area (Å²) < 4.78 is 2.39. The first-order chi connectivity index (χ1) is 7.70. The second kappa shape index (κ2) is 4.30. The first kappa shape index (κ1) is 11.2.